The zero-order chi connectivity index (χ0) is 21.0. The molecule has 0 aliphatic carbocycles. The zero-order valence-electron chi connectivity index (χ0n) is 16.5. The van der Waals surface area contributed by atoms with Gasteiger partial charge in [0.15, 0.2) is 5.17 Å². The number of nitrogens with zero attached hydrogens (tertiary/aromatic N) is 2. The SMILES string of the molecule is C=CCN1C(=O)/C(=C/c2ccc(OC)cc2OC)SC1=Nc1ccc(C)cc1O. The molecule has 0 unspecified atom stereocenters. The molecule has 1 aliphatic rings. The minimum Gasteiger partial charge on any atom is -0.506 e. The molecule has 1 saturated heterocycles. The van der Waals surface area contributed by atoms with Gasteiger partial charge in [-0.2, -0.15) is 0 Å². The van der Waals surface area contributed by atoms with Crippen LogP contribution in [0.2, 0.25) is 0 Å². The summed E-state index contributed by atoms with van der Waals surface area (Å²) in [7, 11) is 3.15. The van der Waals surface area contributed by atoms with E-state index in [2.05, 4.69) is 11.6 Å². The number of hydrogen-bond donors (Lipinski definition) is 1. The Morgan fingerprint density at radius 1 is 1.21 bits per heavy atom. The highest BCUT2D eigenvalue weighted by atomic mass is 32.2. The molecule has 1 amide bonds. The molecule has 0 saturated carbocycles. The minimum absolute atomic E-state index is 0.0679. The quantitative estimate of drug-likeness (QED) is 0.560. The predicted molar refractivity (Wildman–Crippen MR) is 117 cm³/mol. The largest absolute Gasteiger partial charge is 0.506 e. The number of methoxy groups -OCH3 is 2. The molecule has 1 N–H and O–H groups in total. The number of carbonyl (C=O) groups excluding carboxylic acids is 1. The molecular formula is C22H22N2O4S. The summed E-state index contributed by atoms with van der Waals surface area (Å²) < 4.78 is 10.6. The molecule has 1 aliphatic heterocycles. The molecule has 2 aromatic rings. The maximum atomic E-state index is 12.9. The van der Waals surface area contributed by atoms with Gasteiger partial charge in [-0.15, -0.1) is 6.58 Å². The van der Waals surface area contributed by atoms with Crippen molar-refractivity contribution in [2.24, 2.45) is 4.99 Å². The predicted octanol–water partition coefficient (Wildman–Crippen LogP) is 4.51. The number of hydrogen-bond acceptors (Lipinski definition) is 6. The van der Waals surface area contributed by atoms with Crippen molar-refractivity contribution in [2.45, 2.75) is 6.92 Å². The third-order valence-electron chi connectivity index (χ3n) is 4.27. The number of aliphatic imine (C=N–C) groups is 1. The number of thioether (sulfide) groups is 1. The highest BCUT2D eigenvalue weighted by molar-refractivity contribution is 8.18. The van der Waals surface area contributed by atoms with E-state index >= 15 is 0 Å². The maximum absolute atomic E-state index is 12.9. The number of carbonyl (C=O) groups is 1. The van der Waals surface area contributed by atoms with Crippen LogP contribution in [0.3, 0.4) is 0 Å². The van der Waals surface area contributed by atoms with Crippen molar-refractivity contribution in [3.8, 4) is 17.2 Å². The Bertz CT molecular complexity index is 1010. The Hall–Kier alpha value is -3.19. The minimum atomic E-state index is -0.182. The lowest BCUT2D eigenvalue weighted by atomic mass is 10.1. The second-order valence-corrected chi connectivity index (χ2v) is 7.32. The molecule has 0 radical (unpaired) electrons. The molecular weight excluding hydrogens is 388 g/mol. The van der Waals surface area contributed by atoms with Gasteiger partial charge in [-0.05, 0) is 54.6 Å². The Morgan fingerprint density at radius 3 is 2.66 bits per heavy atom. The number of aryl methyl sites for hydroxylation is 1. The molecule has 3 rings (SSSR count). The van der Waals surface area contributed by atoms with E-state index in [0.29, 0.717) is 33.8 Å². The van der Waals surface area contributed by atoms with E-state index in [9.17, 15) is 9.90 Å². The standard InChI is InChI=1S/C22H22N2O4S/c1-5-10-24-21(26)20(12-15-7-8-16(27-3)13-19(15)28-4)29-22(24)23-17-9-6-14(2)11-18(17)25/h5-9,11-13,25H,1,10H2,2-4H3/b20-12-,23-22?. The van der Waals surface area contributed by atoms with Crippen LogP contribution in [0.1, 0.15) is 11.1 Å². The summed E-state index contributed by atoms with van der Waals surface area (Å²) in [6, 6.07) is 10.6. The van der Waals surface area contributed by atoms with E-state index in [1.165, 1.54) is 16.7 Å². The van der Waals surface area contributed by atoms with Crippen LogP contribution < -0.4 is 9.47 Å². The van der Waals surface area contributed by atoms with E-state index in [0.717, 1.165) is 11.1 Å². The van der Waals surface area contributed by atoms with Crippen molar-refractivity contribution >= 4 is 34.6 Å². The van der Waals surface area contributed by atoms with Crippen molar-refractivity contribution < 1.29 is 19.4 Å². The van der Waals surface area contributed by atoms with Crippen LogP contribution in [0, 0.1) is 6.92 Å². The lowest BCUT2D eigenvalue weighted by Crippen LogP contribution is -2.29. The summed E-state index contributed by atoms with van der Waals surface area (Å²) in [6.07, 6.45) is 3.40. The molecule has 7 heteroatoms. The second-order valence-electron chi connectivity index (χ2n) is 6.31. The van der Waals surface area contributed by atoms with Gasteiger partial charge in [0.2, 0.25) is 0 Å². The van der Waals surface area contributed by atoms with Gasteiger partial charge in [-0.3, -0.25) is 9.69 Å². The number of benzene rings is 2. The van der Waals surface area contributed by atoms with Crippen molar-refractivity contribution in [1.29, 1.82) is 0 Å². The highest BCUT2D eigenvalue weighted by Crippen LogP contribution is 2.37. The average molecular weight is 410 g/mol. The van der Waals surface area contributed by atoms with Gasteiger partial charge in [-0.1, -0.05) is 12.1 Å². The summed E-state index contributed by atoms with van der Waals surface area (Å²) in [5, 5.41) is 10.6. The molecule has 150 valence electrons. The Balaban J connectivity index is 2.00. The number of phenolic OH excluding ortho intramolecular Hbond substituents is 1. The number of rotatable bonds is 6. The van der Waals surface area contributed by atoms with Crippen LogP contribution in [0.5, 0.6) is 17.2 Å². The van der Waals surface area contributed by atoms with Gasteiger partial charge in [0.25, 0.3) is 5.91 Å². The fourth-order valence-electron chi connectivity index (χ4n) is 2.79. The monoisotopic (exact) mass is 410 g/mol. The van der Waals surface area contributed by atoms with Crippen LogP contribution in [-0.2, 0) is 4.79 Å². The molecule has 2 aromatic carbocycles. The third-order valence-corrected chi connectivity index (χ3v) is 5.28. The van der Waals surface area contributed by atoms with Crippen LogP contribution >= 0.6 is 11.8 Å². The Morgan fingerprint density at radius 2 is 2.00 bits per heavy atom. The molecule has 29 heavy (non-hydrogen) atoms. The van der Waals surface area contributed by atoms with Gasteiger partial charge in [0, 0.05) is 18.2 Å². The van der Waals surface area contributed by atoms with Gasteiger partial charge < -0.3 is 14.6 Å². The highest BCUT2D eigenvalue weighted by Gasteiger charge is 2.33. The molecule has 0 spiro atoms. The van der Waals surface area contributed by atoms with Crippen molar-refractivity contribution in [2.75, 3.05) is 20.8 Å². The molecule has 1 fully saturated rings. The molecule has 0 aromatic heterocycles. The molecule has 0 atom stereocenters. The fraction of sp³-hybridized carbons (Fsp3) is 0.182. The summed E-state index contributed by atoms with van der Waals surface area (Å²) in [5.74, 6) is 1.15. The van der Waals surface area contributed by atoms with Gasteiger partial charge >= 0.3 is 0 Å². The van der Waals surface area contributed by atoms with E-state index in [1.807, 2.05) is 19.1 Å². The normalized spacial score (nSPS) is 16.5. The van der Waals surface area contributed by atoms with Crippen LogP contribution in [0.25, 0.3) is 6.08 Å². The first-order valence-corrected chi connectivity index (χ1v) is 9.71. The second kappa shape index (κ2) is 8.87. The first kappa shape index (κ1) is 20.5. The van der Waals surface area contributed by atoms with E-state index in [-0.39, 0.29) is 11.7 Å². The van der Waals surface area contributed by atoms with Crippen molar-refractivity contribution in [3.05, 3.63) is 65.1 Å². The molecule has 1 heterocycles. The topological polar surface area (TPSA) is 71.4 Å². The molecule has 0 bridgehead atoms. The summed E-state index contributed by atoms with van der Waals surface area (Å²) in [4.78, 5) is 19.5. The number of phenols is 1. The zero-order valence-corrected chi connectivity index (χ0v) is 17.3. The van der Waals surface area contributed by atoms with E-state index < -0.39 is 0 Å². The first-order valence-electron chi connectivity index (χ1n) is 8.89. The van der Waals surface area contributed by atoms with Crippen LogP contribution in [0.4, 0.5) is 5.69 Å². The number of amides is 1. The maximum Gasteiger partial charge on any atom is 0.267 e. The Kier molecular flexibility index (Phi) is 6.29. The van der Waals surface area contributed by atoms with Crippen LogP contribution in [-0.4, -0.2) is 41.8 Å². The number of aromatic hydroxyl groups is 1. The Labute approximate surface area is 174 Å². The fourth-order valence-corrected chi connectivity index (χ4v) is 3.78. The third kappa shape index (κ3) is 4.46. The van der Waals surface area contributed by atoms with E-state index in [4.69, 9.17) is 9.47 Å². The van der Waals surface area contributed by atoms with Gasteiger partial charge in [-0.25, -0.2) is 4.99 Å². The number of amidine groups is 1. The summed E-state index contributed by atoms with van der Waals surface area (Å²) in [5.41, 5.74) is 2.09. The summed E-state index contributed by atoms with van der Waals surface area (Å²) >= 11 is 1.24. The molecule has 6 nitrogen and oxygen atoms in total. The van der Waals surface area contributed by atoms with Gasteiger partial charge in [0.1, 0.15) is 22.9 Å². The number of ether oxygens (including phenoxy) is 2. The van der Waals surface area contributed by atoms with Crippen molar-refractivity contribution in [1.82, 2.24) is 4.90 Å². The van der Waals surface area contributed by atoms with Gasteiger partial charge in [0.05, 0.1) is 19.1 Å². The van der Waals surface area contributed by atoms with Crippen LogP contribution in [0.15, 0.2) is 59.0 Å². The smallest absolute Gasteiger partial charge is 0.267 e. The first-order chi connectivity index (χ1) is 14.0. The van der Waals surface area contributed by atoms with E-state index in [1.54, 1.807) is 50.6 Å². The lowest BCUT2D eigenvalue weighted by molar-refractivity contribution is -0.121. The lowest BCUT2D eigenvalue weighted by Gasteiger charge is -2.13. The summed E-state index contributed by atoms with van der Waals surface area (Å²) in [6.45, 7) is 5.92. The average Bonchev–Trinajstić information content (AvgIpc) is 2.99. The van der Waals surface area contributed by atoms with Crippen molar-refractivity contribution in [3.63, 3.8) is 0 Å².